The number of carbonyl (C=O) groups excluding carboxylic acids is 1. The third kappa shape index (κ3) is 5.20. The van der Waals surface area contributed by atoms with E-state index in [1.165, 1.54) is 0 Å². The second-order valence-electron chi connectivity index (χ2n) is 7.40. The Hall–Kier alpha value is -3.45. The number of pyridine rings is 1. The number of benzene rings is 3. The van der Waals surface area contributed by atoms with Crippen LogP contribution in [0.1, 0.15) is 21.5 Å². The highest BCUT2D eigenvalue weighted by atomic mass is 35.5. The Morgan fingerprint density at radius 3 is 2.62 bits per heavy atom. The molecule has 0 aliphatic carbocycles. The fraction of sp³-hybridized carbons (Fsp3) is 0.115. The van der Waals surface area contributed by atoms with Crippen LogP contribution in [0.15, 0.2) is 71.8 Å². The molecule has 0 fully saturated rings. The zero-order valence-electron chi connectivity index (χ0n) is 18.5. The summed E-state index contributed by atoms with van der Waals surface area (Å²) in [5.74, 6) is 0.364. The van der Waals surface area contributed by atoms with Crippen molar-refractivity contribution in [2.24, 2.45) is 5.10 Å². The van der Waals surface area contributed by atoms with Gasteiger partial charge in [-0.15, -0.1) is 0 Å². The van der Waals surface area contributed by atoms with Gasteiger partial charge in [0.1, 0.15) is 5.75 Å². The zero-order valence-corrected chi connectivity index (χ0v) is 20.0. The molecule has 4 aromatic rings. The third-order valence-electron chi connectivity index (χ3n) is 5.16. The quantitative estimate of drug-likeness (QED) is 0.248. The van der Waals surface area contributed by atoms with Crippen LogP contribution in [-0.2, 0) is 11.3 Å². The molecule has 1 amide bonds. The van der Waals surface area contributed by atoms with E-state index in [9.17, 15) is 4.79 Å². The number of rotatable bonds is 7. The lowest BCUT2D eigenvalue weighted by molar-refractivity contribution is 0.0956. The molecule has 0 aliphatic rings. The SMILES string of the molecule is COCc1cc(C=NNC(=O)c2cc(-c3ccc(Cl)c(Cl)c3)nc3ccccc23)ccc1OC. The molecule has 0 unspecified atom stereocenters. The topological polar surface area (TPSA) is 72.8 Å². The number of nitrogens with one attached hydrogen (secondary N) is 1. The number of hydrogen-bond acceptors (Lipinski definition) is 5. The van der Waals surface area contributed by atoms with Gasteiger partial charge in [0.2, 0.25) is 0 Å². The number of nitrogens with zero attached hydrogens (tertiary/aromatic N) is 2. The van der Waals surface area contributed by atoms with Gasteiger partial charge < -0.3 is 9.47 Å². The van der Waals surface area contributed by atoms with Gasteiger partial charge in [0.15, 0.2) is 0 Å². The highest BCUT2D eigenvalue weighted by molar-refractivity contribution is 6.42. The van der Waals surface area contributed by atoms with Crippen LogP contribution in [0, 0.1) is 0 Å². The molecule has 1 N–H and O–H groups in total. The van der Waals surface area contributed by atoms with E-state index in [2.05, 4.69) is 15.5 Å². The Bertz CT molecular complexity index is 1390. The summed E-state index contributed by atoms with van der Waals surface area (Å²) in [6, 6.07) is 20.0. The zero-order chi connectivity index (χ0) is 24.1. The van der Waals surface area contributed by atoms with Crippen LogP contribution in [0.5, 0.6) is 5.75 Å². The van der Waals surface area contributed by atoms with E-state index in [0.717, 1.165) is 22.4 Å². The Morgan fingerprint density at radius 2 is 1.85 bits per heavy atom. The summed E-state index contributed by atoms with van der Waals surface area (Å²) >= 11 is 12.2. The van der Waals surface area contributed by atoms with Crippen molar-refractivity contribution in [1.29, 1.82) is 0 Å². The maximum Gasteiger partial charge on any atom is 0.272 e. The van der Waals surface area contributed by atoms with Crippen LogP contribution in [0.25, 0.3) is 22.2 Å². The molecular weight excluding hydrogens is 473 g/mol. The van der Waals surface area contributed by atoms with Gasteiger partial charge in [-0.1, -0.05) is 47.5 Å². The number of para-hydroxylation sites is 1. The molecule has 0 saturated heterocycles. The van der Waals surface area contributed by atoms with Crippen molar-refractivity contribution >= 4 is 46.2 Å². The number of fused-ring (bicyclic) bond motifs is 1. The first kappa shape index (κ1) is 23.7. The molecule has 4 rings (SSSR count). The average Bonchev–Trinajstić information content (AvgIpc) is 2.85. The smallest absolute Gasteiger partial charge is 0.272 e. The van der Waals surface area contributed by atoms with Gasteiger partial charge in [0, 0.05) is 23.6 Å². The van der Waals surface area contributed by atoms with Gasteiger partial charge in [0.05, 0.1) is 46.8 Å². The second kappa shape index (κ2) is 10.7. The predicted octanol–water partition coefficient (Wildman–Crippen LogP) is 6.13. The fourth-order valence-electron chi connectivity index (χ4n) is 3.54. The Kier molecular flexibility index (Phi) is 7.43. The summed E-state index contributed by atoms with van der Waals surface area (Å²) in [4.78, 5) is 17.8. The van der Waals surface area contributed by atoms with E-state index in [0.29, 0.717) is 38.8 Å². The molecule has 1 aromatic heterocycles. The molecule has 1 heterocycles. The standard InChI is InChI=1S/C26H21Cl2N3O3/c1-33-15-18-11-16(7-10-25(18)34-2)14-29-31-26(32)20-13-24(17-8-9-21(27)22(28)12-17)30-23-6-4-3-5-19(20)23/h3-14H,15H2,1-2H3,(H,31,32). The highest BCUT2D eigenvalue weighted by Crippen LogP contribution is 2.30. The number of amides is 1. The van der Waals surface area contributed by atoms with Crippen molar-refractivity contribution in [3.8, 4) is 17.0 Å². The van der Waals surface area contributed by atoms with E-state index in [1.807, 2.05) is 48.5 Å². The first-order valence-electron chi connectivity index (χ1n) is 10.3. The number of methoxy groups -OCH3 is 2. The lowest BCUT2D eigenvalue weighted by Crippen LogP contribution is -2.18. The molecule has 6 nitrogen and oxygen atoms in total. The second-order valence-corrected chi connectivity index (χ2v) is 8.22. The van der Waals surface area contributed by atoms with E-state index < -0.39 is 0 Å². The van der Waals surface area contributed by atoms with E-state index in [-0.39, 0.29) is 5.91 Å². The summed E-state index contributed by atoms with van der Waals surface area (Å²) in [6.45, 7) is 0.401. The third-order valence-corrected chi connectivity index (χ3v) is 5.90. The lowest BCUT2D eigenvalue weighted by atomic mass is 10.0. The monoisotopic (exact) mass is 493 g/mol. The average molecular weight is 494 g/mol. The summed E-state index contributed by atoms with van der Waals surface area (Å²) < 4.78 is 10.6. The Morgan fingerprint density at radius 1 is 1.03 bits per heavy atom. The van der Waals surface area contributed by atoms with Crippen molar-refractivity contribution in [2.75, 3.05) is 14.2 Å². The minimum absolute atomic E-state index is 0.359. The molecule has 0 atom stereocenters. The number of halogens is 2. The molecule has 0 saturated carbocycles. The molecule has 3 aromatic carbocycles. The van der Waals surface area contributed by atoms with E-state index in [1.54, 1.807) is 38.6 Å². The Labute approximate surface area is 207 Å². The largest absolute Gasteiger partial charge is 0.496 e. The fourth-order valence-corrected chi connectivity index (χ4v) is 3.84. The van der Waals surface area contributed by atoms with Crippen molar-refractivity contribution in [3.05, 3.63) is 93.5 Å². The molecule has 0 bridgehead atoms. The maximum absolute atomic E-state index is 13.1. The maximum atomic E-state index is 13.1. The van der Waals surface area contributed by atoms with Crippen LogP contribution in [0.2, 0.25) is 10.0 Å². The van der Waals surface area contributed by atoms with Crippen LogP contribution >= 0.6 is 23.2 Å². The first-order chi connectivity index (χ1) is 16.5. The van der Waals surface area contributed by atoms with E-state index in [4.69, 9.17) is 32.7 Å². The molecule has 172 valence electrons. The van der Waals surface area contributed by atoms with E-state index >= 15 is 0 Å². The summed E-state index contributed by atoms with van der Waals surface area (Å²) in [5, 5.41) is 5.72. The minimum atomic E-state index is -0.359. The molecule has 0 radical (unpaired) electrons. The van der Waals surface area contributed by atoms with Crippen LogP contribution in [0.3, 0.4) is 0 Å². The normalized spacial score (nSPS) is 11.2. The van der Waals surface area contributed by atoms with Crippen molar-refractivity contribution in [1.82, 2.24) is 10.4 Å². The van der Waals surface area contributed by atoms with Gasteiger partial charge >= 0.3 is 0 Å². The van der Waals surface area contributed by atoms with Gasteiger partial charge in [-0.25, -0.2) is 10.4 Å². The summed E-state index contributed by atoms with van der Waals surface area (Å²) in [6.07, 6.45) is 1.57. The lowest BCUT2D eigenvalue weighted by Gasteiger charge is -2.10. The number of carbonyl (C=O) groups is 1. The molecule has 0 spiro atoms. The van der Waals surface area contributed by atoms with Crippen molar-refractivity contribution in [2.45, 2.75) is 6.61 Å². The Balaban J connectivity index is 1.63. The van der Waals surface area contributed by atoms with Crippen molar-refractivity contribution in [3.63, 3.8) is 0 Å². The first-order valence-corrected chi connectivity index (χ1v) is 11.1. The van der Waals surface area contributed by atoms with Gasteiger partial charge in [-0.05, 0) is 48.0 Å². The number of hydrogen-bond donors (Lipinski definition) is 1. The van der Waals surface area contributed by atoms with Gasteiger partial charge in [-0.3, -0.25) is 4.79 Å². The summed E-state index contributed by atoms with van der Waals surface area (Å²) in [7, 11) is 3.22. The predicted molar refractivity (Wildman–Crippen MR) is 136 cm³/mol. The molecule has 8 heteroatoms. The van der Waals surface area contributed by atoms with Crippen molar-refractivity contribution < 1.29 is 14.3 Å². The summed E-state index contributed by atoms with van der Waals surface area (Å²) in [5.41, 5.74) is 6.77. The van der Waals surface area contributed by atoms with Gasteiger partial charge in [0.25, 0.3) is 5.91 Å². The molecule has 34 heavy (non-hydrogen) atoms. The number of ether oxygens (including phenoxy) is 2. The van der Waals surface area contributed by atoms with Crippen LogP contribution < -0.4 is 10.2 Å². The van der Waals surface area contributed by atoms with Gasteiger partial charge in [-0.2, -0.15) is 5.10 Å². The highest BCUT2D eigenvalue weighted by Gasteiger charge is 2.14. The number of aromatic nitrogens is 1. The number of hydrazone groups is 1. The van der Waals surface area contributed by atoms with Crippen LogP contribution in [-0.4, -0.2) is 31.3 Å². The molecule has 0 aliphatic heterocycles. The van der Waals surface area contributed by atoms with Crippen LogP contribution in [0.4, 0.5) is 0 Å². The molecular formula is C26H21Cl2N3O3. The minimum Gasteiger partial charge on any atom is -0.496 e.